The largest absolute Gasteiger partial charge is 0.326 e. The summed E-state index contributed by atoms with van der Waals surface area (Å²) in [4.78, 5) is 13.0. The second kappa shape index (κ2) is 6.21. The first-order chi connectivity index (χ1) is 12.2. The van der Waals surface area contributed by atoms with Crippen molar-refractivity contribution in [3.8, 4) is 0 Å². The summed E-state index contributed by atoms with van der Waals surface area (Å²) < 4.78 is 0. The van der Waals surface area contributed by atoms with E-state index in [1.165, 1.54) is 11.1 Å². The Hall–Kier alpha value is -2.87. The molecule has 0 saturated heterocycles. The van der Waals surface area contributed by atoms with E-state index in [1.807, 2.05) is 43.3 Å². The molecule has 0 aromatic heterocycles. The van der Waals surface area contributed by atoms with Crippen LogP contribution < -0.4 is 5.32 Å². The van der Waals surface area contributed by atoms with Crippen molar-refractivity contribution in [1.29, 1.82) is 0 Å². The van der Waals surface area contributed by atoms with Crippen LogP contribution in [0.1, 0.15) is 23.1 Å². The maximum absolute atomic E-state index is 13.0. The standard InChI is InChI=1S/C23H21NO/c1-17-10-8-9-15-21(17)24-22(25)20-16-23(20,18-11-4-2-5-12-18)19-13-6-3-7-14-19/h2-15,20H,16H2,1H3,(H,24,25). The van der Waals surface area contributed by atoms with Crippen LogP contribution in [0.4, 0.5) is 5.69 Å². The van der Waals surface area contributed by atoms with Gasteiger partial charge in [-0.3, -0.25) is 4.79 Å². The molecule has 124 valence electrons. The van der Waals surface area contributed by atoms with Gasteiger partial charge in [-0.25, -0.2) is 0 Å². The zero-order valence-corrected chi connectivity index (χ0v) is 14.3. The molecular weight excluding hydrogens is 306 g/mol. The topological polar surface area (TPSA) is 29.1 Å². The molecule has 1 saturated carbocycles. The van der Waals surface area contributed by atoms with Gasteiger partial charge in [0, 0.05) is 11.1 Å². The van der Waals surface area contributed by atoms with E-state index in [9.17, 15) is 4.79 Å². The molecule has 25 heavy (non-hydrogen) atoms. The highest BCUT2D eigenvalue weighted by atomic mass is 16.2. The summed E-state index contributed by atoms with van der Waals surface area (Å²) in [6.07, 6.45) is 0.846. The lowest BCUT2D eigenvalue weighted by atomic mass is 9.85. The lowest BCUT2D eigenvalue weighted by Crippen LogP contribution is -2.22. The average Bonchev–Trinajstić information content (AvgIpc) is 3.42. The van der Waals surface area contributed by atoms with Gasteiger partial charge in [-0.05, 0) is 36.1 Å². The van der Waals surface area contributed by atoms with Gasteiger partial charge in [0.2, 0.25) is 5.91 Å². The van der Waals surface area contributed by atoms with Crippen LogP contribution in [0, 0.1) is 12.8 Å². The Morgan fingerprint density at radius 3 is 1.92 bits per heavy atom. The van der Waals surface area contributed by atoms with Gasteiger partial charge in [0.15, 0.2) is 0 Å². The Morgan fingerprint density at radius 2 is 1.36 bits per heavy atom. The van der Waals surface area contributed by atoms with Crippen LogP contribution in [0.2, 0.25) is 0 Å². The number of para-hydroxylation sites is 1. The molecule has 3 aromatic carbocycles. The molecule has 1 amide bonds. The highest BCUT2D eigenvalue weighted by molar-refractivity contribution is 5.97. The number of amides is 1. The zero-order valence-electron chi connectivity index (χ0n) is 14.3. The van der Waals surface area contributed by atoms with Crippen LogP contribution in [0.5, 0.6) is 0 Å². The summed E-state index contributed by atoms with van der Waals surface area (Å²) in [7, 11) is 0. The van der Waals surface area contributed by atoms with Crippen molar-refractivity contribution >= 4 is 11.6 Å². The van der Waals surface area contributed by atoms with Crippen LogP contribution in [0.3, 0.4) is 0 Å². The van der Waals surface area contributed by atoms with Gasteiger partial charge in [-0.2, -0.15) is 0 Å². The minimum absolute atomic E-state index is 0.0445. The molecule has 1 fully saturated rings. The molecule has 2 nitrogen and oxygen atoms in total. The van der Waals surface area contributed by atoms with E-state index in [1.54, 1.807) is 0 Å². The molecule has 0 heterocycles. The highest BCUT2D eigenvalue weighted by Gasteiger charge is 2.60. The molecule has 1 N–H and O–H groups in total. The van der Waals surface area contributed by atoms with Crippen LogP contribution >= 0.6 is 0 Å². The summed E-state index contributed by atoms with van der Waals surface area (Å²) in [6.45, 7) is 2.02. The molecule has 0 radical (unpaired) electrons. The monoisotopic (exact) mass is 327 g/mol. The number of carbonyl (C=O) groups excluding carboxylic acids is 1. The Bertz CT molecular complexity index is 847. The van der Waals surface area contributed by atoms with Gasteiger partial charge in [0.1, 0.15) is 0 Å². The number of carbonyl (C=O) groups is 1. The molecule has 1 aliphatic rings. The van der Waals surface area contributed by atoms with E-state index in [-0.39, 0.29) is 17.2 Å². The van der Waals surface area contributed by atoms with E-state index >= 15 is 0 Å². The first-order valence-electron chi connectivity index (χ1n) is 8.69. The summed E-state index contributed by atoms with van der Waals surface area (Å²) in [6, 6.07) is 28.7. The van der Waals surface area contributed by atoms with E-state index in [0.29, 0.717) is 0 Å². The first-order valence-corrected chi connectivity index (χ1v) is 8.69. The molecule has 4 rings (SSSR count). The van der Waals surface area contributed by atoms with Gasteiger partial charge in [-0.1, -0.05) is 78.9 Å². The first kappa shape index (κ1) is 15.6. The van der Waals surface area contributed by atoms with Gasteiger partial charge in [0.05, 0.1) is 5.92 Å². The van der Waals surface area contributed by atoms with E-state index in [4.69, 9.17) is 0 Å². The van der Waals surface area contributed by atoms with Crippen LogP contribution in [0.15, 0.2) is 84.9 Å². The third-order valence-electron chi connectivity index (χ3n) is 5.26. The van der Waals surface area contributed by atoms with Crippen molar-refractivity contribution in [2.24, 2.45) is 5.92 Å². The molecular formula is C23H21NO. The second-order valence-corrected chi connectivity index (χ2v) is 6.76. The van der Waals surface area contributed by atoms with E-state index in [2.05, 4.69) is 53.8 Å². The Morgan fingerprint density at radius 1 is 0.840 bits per heavy atom. The van der Waals surface area contributed by atoms with E-state index < -0.39 is 0 Å². The fourth-order valence-electron chi connectivity index (χ4n) is 3.79. The minimum Gasteiger partial charge on any atom is -0.326 e. The normalized spacial score (nSPS) is 17.7. The summed E-state index contributed by atoms with van der Waals surface area (Å²) in [5, 5.41) is 3.13. The summed E-state index contributed by atoms with van der Waals surface area (Å²) >= 11 is 0. The Labute approximate surface area is 148 Å². The van der Waals surface area contributed by atoms with Gasteiger partial charge < -0.3 is 5.32 Å². The SMILES string of the molecule is Cc1ccccc1NC(=O)C1CC1(c1ccccc1)c1ccccc1. The lowest BCUT2D eigenvalue weighted by molar-refractivity contribution is -0.117. The minimum atomic E-state index is -0.213. The molecule has 2 heteroatoms. The van der Waals surface area contributed by atoms with Crippen molar-refractivity contribution in [3.05, 3.63) is 102 Å². The van der Waals surface area contributed by atoms with Gasteiger partial charge >= 0.3 is 0 Å². The molecule has 0 spiro atoms. The molecule has 0 aliphatic heterocycles. The number of rotatable bonds is 4. The smallest absolute Gasteiger partial charge is 0.228 e. The molecule has 1 unspecified atom stereocenters. The lowest BCUT2D eigenvalue weighted by Gasteiger charge is -2.19. The van der Waals surface area contributed by atoms with Crippen molar-refractivity contribution in [1.82, 2.24) is 0 Å². The number of aryl methyl sites for hydroxylation is 1. The average molecular weight is 327 g/mol. The number of benzene rings is 3. The highest BCUT2D eigenvalue weighted by Crippen LogP contribution is 2.59. The zero-order chi connectivity index (χ0) is 17.3. The van der Waals surface area contributed by atoms with Crippen molar-refractivity contribution < 1.29 is 4.79 Å². The summed E-state index contributed by atoms with van der Waals surface area (Å²) in [5.74, 6) is 0.0545. The number of hydrogen-bond acceptors (Lipinski definition) is 1. The second-order valence-electron chi connectivity index (χ2n) is 6.76. The van der Waals surface area contributed by atoms with Crippen LogP contribution in [-0.2, 0) is 10.2 Å². The van der Waals surface area contributed by atoms with Crippen molar-refractivity contribution in [2.45, 2.75) is 18.8 Å². The van der Waals surface area contributed by atoms with Crippen molar-refractivity contribution in [2.75, 3.05) is 5.32 Å². The number of anilines is 1. The fourth-order valence-corrected chi connectivity index (χ4v) is 3.79. The molecule has 0 bridgehead atoms. The van der Waals surface area contributed by atoms with Crippen LogP contribution in [-0.4, -0.2) is 5.91 Å². The third-order valence-corrected chi connectivity index (χ3v) is 5.26. The predicted octanol–water partition coefficient (Wildman–Crippen LogP) is 4.94. The Kier molecular flexibility index (Phi) is 3.89. The van der Waals surface area contributed by atoms with E-state index in [0.717, 1.165) is 17.7 Å². The van der Waals surface area contributed by atoms with Gasteiger partial charge in [-0.15, -0.1) is 0 Å². The molecule has 1 atom stereocenters. The fraction of sp³-hybridized carbons (Fsp3) is 0.174. The predicted molar refractivity (Wildman–Crippen MR) is 102 cm³/mol. The maximum Gasteiger partial charge on any atom is 0.228 e. The molecule has 3 aromatic rings. The Balaban J connectivity index is 1.67. The van der Waals surface area contributed by atoms with Crippen LogP contribution in [0.25, 0.3) is 0 Å². The van der Waals surface area contributed by atoms with Gasteiger partial charge in [0.25, 0.3) is 0 Å². The third kappa shape index (κ3) is 2.74. The van der Waals surface area contributed by atoms with Crippen molar-refractivity contribution in [3.63, 3.8) is 0 Å². The number of nitrogens with one attached hydrogen (secondary N) is 1. The molecule has 1 aliphatic carbocycles. The quantitative estimate of drug-likeness (QED) is 0.722. The maximum atomic E-state index is 13.0. The number of hydrogen-bond donors (Lipinski definition) is 1. The summed E-state index contributed by atoms with van der Waals surface area (Å²) in [5.41, 5.74) is 4.20.